The van der Waals surface area contributed by atoms with Crippen LogP contribution in [0.15, 0.2) is 0 Å². The van der Waals surface area contributed by atoms with Gasteiger partial charge in [0.25, 0.3) is 0 Å². The van der Waals surface area contributed by atoms with Crippen LogP contribution < -0.4 is 5.32 Å². The van der Waals surface area contributed by atoms with E-state index in [4.69, 9.17) is 9.47 Å². The average Bonchev–Trinajstić information content (AvgIpc) is 2.52. The van der Waals surface area contributed by atoms with Crippen LogP contribution in [0.1, 0.15) is 6.42 Å². The van der Waals surface area contributed by atoms with E-state index >= 15 is 0 Å². The van der Waals surface area contributed by atoms with Gasteiger partial charge in [-0.3, -0.25) is 14.5 Å². The van der Waals surface area contributed by atoms with Gasteiger partial charge in [0.05, 0.1) is 25.2 Å². The quantitative estimate of drug-likeness (QED) is 0.592. The van der Waals surface area contributed by atoms with Crippen LogP contribution >= 0.6 is 0 Å². The predicted octanol–water partition coefficient (Wildman–Crippen LogP) is -1.01. The van der Waals surface area contributed by atoms with Gasteiger partial charge in [-0.1, -0.05) is 0 Å². The number of carbonyl (C=O) groups excluding carboxylic acids is 2. The minimum absolute atomic E-state index is 0.112. The summed E-state index contributed by atoms with van der Waals surface area (Å²) in [6, 6.07) is -0.424. The van der Waals surface area contributed by atoms with E-state index < -0.39 is 6.04 Å². The summed E-state index contributed by atoms with van der Waals surface area (Å²) in [5.74, 6) is -0.333. The molecule has 0 aliphatic carbocycles. The second-order valence-electron chi connectivity index (χ2n) is 3.77. The first-order valence-electron chi connectivity index (χ1n) is 5.15. The molecule has 0 aromatic carbocycles. The molecule has 2 unspecified atom stereocenters. The molecule has 1 N–H and O–H groups in total. The van der Waals surface area contributed by atoms with Crippen molar-refractivity contribution in [3.05, 3.63) is 0 Å². The van der Waals surface area contributed by atoms with Crippen molar-refractivity contribution in [3.8, 4) is 0 Å². The number of nitrogens with zero attached hydrogens (tertiary/aromatic N) is 1. The summed E-state index contributed by atoms with van der Waals surface area (Å²) in [7, 11) is 4.67. The van der Waals surface area contributed by atoms with Crippen molar-refractivity contribution in [3.63, 3.8) is 0 Å². The van der Waals surface area contributed by atoms with Crippen molar-refractivity contribution >= 4 is 11.8 Å². The number of likely N-dealkylation sites (N-methyl/N-ethyl adjacent to an activating group) is 1. The minimum atomic E-state index is -0.424. The highest BCUT2D eigenvalue weighted by Gasteiger charge is 2.35. The van der Waals surface area contributed by atoms with Crippen LogP contribution in [0, 0.1) is 0 Å². The third kappa shape index (κ3) is 3.01. The van der Waals surface area contributed by atoms with Crippen molar-refractivity contribution in [1.82, 2.24) is 10.2 Å². The number of amides is 2. The lowest BCUT2D eigenvalue weighted by molar-refractivity contribution is -0.137. The summed E-state index contributed by atoms with van der Waals surface area (Å²) in [4.78, 5) is 23.9. The van der Waals surface area contributed by atoms with Crippen LogP contribution in [0.2, 0.25) is 0 Å². The smallest absolute Gasteiger partial charge is 0.246 e. The van der Waals surface area contributed by atoms with E-state index in [2.05, 4.69) is 5.32 Å². The summed E-state index contributed by atoms with van der Waals surface area (Å²) in [6.45, 7) is 0.941. The lowest BCUT2D eigenvalue weighted by Gasteiger charge is -2.17. The Kier molecular flexibility index (Phi) is 4.85. The molecule has 92 valence electrons. The summed E-state index contributed by atoms with van der Waals surface area (Å²) >= 11 is 0. The zero-order valence-corrected chi connectivity index (χ0v) is 9.86. The molecule has 1 aliphatic rings. The minimum Gasteiger partial charge on any atom is -0.382 e. The Bertz CT molecular complexity index is 270. The highest BCUT2D eigenvalue weighted by atomic mass is 16.5. The molecule has 2 atom stereocenters. The third-order valence-electron chi connectivity index (χ3n) is 2.66. The topological polar surface area (TPSA) is 67.9 Å². The molecule has 0 bridgehead atoms. The van der Waals surface area contributed by atoms with Gasteiger partial charge in [0.15, 0.2) is 0 Å². The molecule has 1 heterocycles. The zero-order valence-electron chi connectivity index (χ0n) is 9.86. The maximum atomic E-state index is 11.5. The largest absolute Gasteiger partial charge is 0.382 e. The molecule has 0 radical (unpaired) electrons. The van der Waals surface area contributed by atoms with Gasteiger partial charge in [-0.25, -0.2) is 0 Å². The van der Waals surface area contributed by atoms with E-state index in [0.717, 1.165) is 4.90 Å². The van der Waals surface area contributed by atoms with Crippen LogP contribution in [0.3, 0.4) is 0 Å². The summed E-state index contributed by atoms with van der Waals surface area (Å²) < 4.78 is 10.1. The molecule has 6 nitrogen and oxygen atoms in total. The molecule has 1 aliphatic heterocycles. The van der Waals surface area contributed by atoms with Crippen molar-refractivity contribution < 1.29 is 19.1 Å². The second-order valence-corrected chi connectivity index (χ2v) is 3.77. The highest BCUT2D eigenvalue weighted by molar-refractivity contribution is 6.05. The molecule has 0 aromatic rings. The number of rotatable bonds is 6. The normalized spacial score (nSPS) is 22.9. The van der Waals surface area contributed by atoms with E-state index in [0.29, 0.717) is 13.2 Å². The van der Waals surface area contributed by atoms with Gasteiger partial charge in [0.1, 0.15) is 0 Å². The lowest BCUT2D eigenvalue weighted by Crippen LogP contribution is -2.42. The molecule has 1 saturated heterocycles. The molecule has 0 aromatic heterocycles. The second kappa shape index (κ2) is 5.93. The molecular weight excluding hydrogens is 212 g/mol. The van der Waals surface area contributed by atoms with Crippen LogP contribution in [-0.2, 0) is 19.1 Å². The maximum Gasteiger partial charge on any atom is 0.246 e. The number of carbonyl (C=O) groups is 2. The molecule has 16 heavy (non-hydrogen) atoms. The van der Waals surface area contributed by atoms with Gasteiger partial charge in [-0.05, 0) is 0 Å². The van der Waals surface area contributed by atoms with E-state index in [9.17, 15) is 9.59 Å². The highest BCUT2D eigenvalue weighted by Crippen LogP contribution is 2.10. The van der Waals surface area contributed by atoms with Gasteiger partial charge < -0.3 is 14.8 Å². The van der Waals surface area contributed by atoms with Crippen molar-refractivity contribution in [2.45, 2.75) is 18.6 Å². The van der Waals surface area contributed by atoms with Crippen LogP contribution in [-0.4, -0.2) is 63.3 Å². The van der Waals surface area contributed by atoms with Crippen LogP contribution in [0.25, 0.3) is 0 Å². The van der Waals surface area contributed by atoms with Crippen LogP contribution in [0.4, 0.5) is 0 Å². The van der Waals surface area contributed by atoms with E-state index in [1.807, 2.05) is 0 Å². The number of methoxy groups -OCH3 is 2. The fourth-order valence-corrected chi connectivity index (χ4v) is 1.58. The number of ether oxygens (including phenoxy) is 2. The first kappa shape index (κ1) is 13.1. The van der Waals surface area contributed by atoms with Gasteiger partial charge in [0.2, 0.25) is 11.8 Å². The third-order valence-corrected chi connectivity index (χ3v) is 2.66. The Balaban J connectivity index is 2.38. The fraction of sp³-hybridized carbons (Fsp3) is 0.800. The van der Waals surface area contributed by atoms with Gasteiger partial charge >= 0.3 is 0 Å². The zero-order chi connectivity index (χ0) is 12.1. The SMILES string of the molecule is COCC(CNC1CC(=O)N(C)C1=O)OC. The number of likely N-dealkylation sites (tertiary alicyclic amines) is 1. The maximum absolute atomic E-state index is 11.5. The van der Waals surface area contributed by atoms with Gasteiger partial charge in [-0.2, -0.15) is 0 Å². The summed E-state index contributed by atoms with van der Waals surface area (Å²) in [5, 5.41) is 3.01. The Labute approximate surface area is 94.9 Å². The Morgan fingerprint density at radius 1 is 1.50 bits per heavy atom. The average molecular weight is 230 g/mol. The number of hydrogen-bond acceptors (Lipinski definition) is 5. The van der Waals surface area contributed by atoms with E-state index in [1.165, 1.54) is 7.05 Å². The lowest BCUT2D eigenvalue weighted by atomic mass is 10.2. The predicted molar refractivity (Wildman–Crippen MR) is 56.9 cm³/mol. The van der Waals surface area contributed by atoms with Crippen molar-refractivity contribution in [2.75, 3.05) is 34.4 Å². The van der Waals surface area contributed by atoms with Gasteiger partial charge in [0, 0.05) is 27.8 Å². The molecule has 1 fully saturated rings. The molecular formula is C10H18N2O4. The first-order chi connectivity index (χ1) is 7.60. The van der Waals surface area contributed by atoms with Crippen molar-refractivity contribution in [2.24, 2.45) is 0 Å². The Morgan fingerprint density at radius 3 is 2.62 bits per heavy atom. The monoisotopic (exact) mass is 230 g/mol. The molecule has 6 heteroatoms. The van der Waals surface area contributed by atoms with E-state index in [1.54, 1.807) is 14.2 Å². The van der Waals surface area contributed by atoms with Crippen LogP contribution in [0.5, 0.6) is 0 Å². The Hall–Kier alpha value is -0.980. The van der Waals surface area contributed by atoms with E-state index in [-0.39, 0.29) is 24.3 Å². The molecule has 2 amide bonds. The summed E-state index contributed by atoms with van der Waals surface area (Å²) in [6.07, 6.45) is 0.109. The summed E-state index contributed by atoms with van der Waals surface area (Å²) in [5.41, 5.74) is 0. The Morgan fingerprint density at radius 2 is 2.19 bits per heavy atom. The first-order valence-corrected chi connectivity index (χ1v) is 5.15. The number of nitrogens with one attached hydrogen (secondary N) is 1. The molecule has 1 rings (SSSR count). The molecule has 0 spiro atoms. The van der Waals surface area contributed by atoms with Gasteiger partial charge in [-0.15, -0.1) is 0 Å². The van der Waals surface area contributed by atoms with Crippen molar-refractivity contribution in [1.29, 1.82) is 0 Å². The molecule has 0 saturated carbocycles. The number of hydrogen-bond donors (Lipinski definition) is 1. The number of imide groups is 1. The standard InChI is InChI=1S/C10H18N2O4/c1-12-9(13)4-8(10(12)14)11-5-7(16-3)6-15-2/h7-8,11H,4-6H2,1-3H3. The fourth-order valence-electron chi connectivity index (χ4n) is 1.58.